The third kappa shape index (κ3) is 3.98. The molecule has 21 heavy (non-hydrogen) atoms. The molecule has 0 heterocycles. The highest BCUT2D eigenvalue weighted by Crippen LogP contribution is 2.37. The van der Waals surface area contributed by atoms with Crippen molar-refractivity contribution in [3.63, 3.8) is 0 Å². The molecule has 5 N–H and O–H groups in total. The Hall–Kier alpha value is -2.01. The van der Waals surface area contributed by atoms with Crippen LogP contribution in [0, 0.1) is 20.8 Å². The number of hydrogen-bond acceptors (Lipinski definition) is 4. The fraction of sp³-hybridized carbons (Fsp3) is 0.438. The van der Waals surface area contributed by atoms with Crippen LogP contribution in [0.25, 0.3) is 6.08 Å². The molecule has 0 aliphatic heterocycles. The first-order valence-electron chi connectivity index (χ1n) is 6.78. The van der Waals surface area contributed by atoms with Crippen LogP contribution in [0.4, 0.5) is 0 Å². The minimum absolute atomic E-state index is 0.0699. The molecule has 0 aliphatic rings. The van der Waals surface area contributed by atoms with Crippen LogP contribution in [0.1, 0.15) is 42.0 Å². The largest absolute Gasteiger partial charge is 0.507 e. The van der Waals surface area contributed by atoms with Gasteiger partial charge < -0.3 is 21.1 Å². The number of aliphatic hydroxyl groups is 1. The third-order valence-corrected chi connectivity index (χ3v) is 3.77. The number of benzene rings is 1. The summed E-state index contributed by atoms with van der Waals surface area (Å²) >= 11 is 0. The van der Waals surface area contributed by atoms with E-state index in [1.165, 1.54) is 6.08 Å². The predicted molar refractivity (Wildman–Crippen MR) is 82.1 cm³/mol. The Morgan fingerprint density at radius 3 is 2.19 bits per heavy atom. The van der Waals surface area contributed by atoms with E-state index < -0.39 is 11.5 Å². The van der Waals surface area contributed by atoms with Gasteiger partial charge in [-0.1, -0.05) is 12.2 Å². The summed E-state index contributed by atoms with van der Waals surface area (Å²) in [6.45, 7) is 6.69. The number of aromatic hydroxyl groups is 2. The van der Waals surface area contributed by atoms with Crippen LogP contribution < -0.4 is 5.73 Å². The average Bonchev–Trinajstić information content (AvgIpc) is 2.41. The molecule has 0 fully saturated rings. The van der Waals surface area contributed by atoms with Gasteiger partial charge in [0.1, 0.15) is 11.5 Å². The Labute approximate surface area is 124 Å². The van der Waals surface area contributed by atoms with Gasteiger partial charge in [-0.3, -0.25) is 4.79 Å². The van der Waals surface area contributed by atoms with Gasteiger partial charge in [0.15, 0.2) is 0 Å². The summed E-state index contributed by atoms with van der Waals surface area (Å²) < 4.78 is 0. The van der Waals surface area contributed by atoms with Gasteiger partial charge in [0.25, 0.3) is 0 Å². The minimum atomic E-state index is -1.22. The molecule has 5 nitrogen and oxygen atoms in total. The molecule has 1 aromatic rings. The predicted octanol–water partition coefficient (Wildman–Crippen LogP) is 2.05. The Bertz CT molecular complexity index is 559. The van der Waals surface area contributed by atoms with Crippen LogP contribution >= 0.6 is 0 Å². The molecule has 1 aromatic carbocycles. The highest BCUT2D eigenvalue weighted by Gasteiger charge is 2.19. The zero-order valence-electron chi connectivity index (χ0n) is 12.9. The highest BCUT2D eigenvalue weighted by molar-refractivity contribution is 5.74. The summed E-state index contributed by atoms with van der Waals surface area (Å²) in [4.78, 5) is 10.8. The van der Waals surface area contributed by atoms with E-state index in [4.69, 9.17) is 5.73 Å². The van der Waals surface area contributed by atoms with Gasteiger partial charge in [0, 0.05) is 17.5 Å². The molecule has 1 atom stereocenters. The van der Waals surface area contributed by atoms with Gasteiger partial charge in [-0.15, -0.1) is 0 Å². The Morgan fingerprint density at radius 2 is 1.67 bits per heavy atom. The summed E-state index contributed by atoms with van der Waals surface area (Å²) in [6, 6.07) is 0. The fourth-order valence-electron chi connectivity index (χ4n) is 2.07. The van der Waals surface area contributed by atoms with Crippen molar-refractivity contribution in [3.8, 4) is 11.5 Å². The number of carbonyl (C=O) groups excluding carboxylic acids is 1. The number of phenolic OH excluding ortho intramolecular Hbond substituents is 2. The van der Waals surface area contributed by atoms with Gasteiger partial charge in [-0.25, -0.2) is 0 Å². The monoisotopic (exact) mass is 293 g/mol. The second-order valence-electron chi connectivity index (χ2n) is 5.64. The van der Waals surface area contributed by atoms with E-state index in [1.807, 2.05) is 0 Å². The zero-order valence-corrected chi connectivity index (χ0v) is 12.9. The number of nitrogens with two attached hydrogens (primary N) is 1. The van der Waals surface area contributed by atoms with Crippen molar-refractivity contribution < 1.29 is 20.1 Å². The average molecular weight is 293 g/mol. The molecule has 0 spiro atoms. The van der Waals surface area contributed by atoms with Crippen LogP contribution in [0.2, 0.25) is 0 Å². The van der Waals surface area contributed by atoms with Gasteiger partial charge >= 0.3 is 0 Å². The molecule has 1 amide bonds. The molecule has 0 aliphatic carbocycles. The number of hydrogen-bond donors (Lipinski definition) is 4. The zero-order chi connectivity index (χ0) is 16.4. The van der Waals surface area contributed by atoms with E-state index in [1.54, 1.807) is 33.8 Å². The second kappa shape index (κ2) is 6.18. The summed E-state index contributed by atoms with van der Waals surface area (Å²) in [5, 5.41) is 30.4. The number of primary amides is 1. The van der Waals surface area contributed by atoms with E-state index in [0.29, 0.717) is 22.3 Å². The van der Waals surface area contributed by atoms with E-state index in [9.17, 15) is 20.1 Å². The lowest BCUT2D eigenvalue weighted by Crippen LogP contribution is -2.24. The van der Waals surface area contributed by atoms with Crippen molar-refractivity contribution in [2.24, 2.45) is 5.73 Å². The van der Waals surface area contributed by atoms with Crippen molar-refractivity contribution in [2.45, 2.75) is 46.1 Å². The minimum Gasteiger partial charge on any atom is -0.507 e. The van der Waals surface area contributed by atoms with Crippen LogP contribution in [0.15, 0.2) is 6.08 Å². The normalized spacial score (nSPS) is 14.3. The van der Waals surface area contributed by atoms with E-state index >= 15 is 0 Å². The summed E-state index contributed by atoms with van der Waals surface area (Å²) in [6.07, 6.45) is 3.31. The van der Waals surface area contributed by atoms with Crippen molar-refractivity contribution in [1.29, 1.82) is 0 Å². The van der Waals surface area contributed by atoms with E-state index in [0.717, 1.165) is 0 Å². The van der Waals surface area contributed by atoms with E-state index in [-0.39, 0.29) is 24.3 Å². The van der Waals surface area contributed by atoms with Crippen molar-refractivity contribution in [3.05, 3.63) is 28.3 Å². The standard InChI is InChI=1S/C16H23NO4/c1-9-10(2)15(20)12(11(3)14(9)19)5-7-16(4,21)8-6-13(17)18/h5,7,19-21H,6,8H2,1-4H3,(H2,17,18)/b7-5+. The number of amides is 1. The second-order valence-corrected chi connectivity index (χ2v) is 5.64. The number of rotatable bonds is 5. The lowest BCUT2D eigenvalue weighted by atomic mass is 9.94. The molecule has 0 bridgehead atoms. The number of carbonyl (C=O) groups is 1. The van der Waals surface area contributed by atoms with Gasteiger partial charge in [0.05, 0.1) is 5.60 Å². The summed E-state index contributed by atoms with van der Waals surface area (Å²) in [5.74, 6) is -0.280. The van der Waals surface area contributed by atoms with Gasteiger partial charge in [-0.2, -0.15) is 0 Å². The molecule has 0 saturated carbocycles. The first kappa shape index (κ1) is 17.0. The molecule has 1 unspecified atom stereocenters. The van der Waals surface area contributed by atoms with Gasteiger partial charge in [-0.05, 0) is 45.2 Å². The molecule has 5 heteroatoms. The van der Waals surface area contributed by atoms with Gasteiger partial charge in [0.2, 0.25) is 5.91 Å². The lowest BCUT2D eigenvalue weighted by Gasteiger charge is -2.19. The smallest absolute Gasteiger partial charge is 0.217 e. The quantitative estimate of drug-likeness (QED) is 0.624. The Morgan fingerprint density at radius 1 is 1.14 bits per heavy atom. The third-order valence-electron chi connectivity index (χ3n) is 3.77. The summed E-state index contributed by atoms with van der Waals surface area (Å²) in [7, 11) is 0. The molecule has 0 radical (unpaired) electrons. The Kier molecular flexibility index (Phi) is 5.01. The van der Waals surface area contributed by atoms with Crippen molar-refractivity contribution in [2.75, 3.05) is 0 Å². The maximum absolute atomic E-state index is 10.8. The van der Waals surface area contributed by atoms with Crippen LogP contribution in [0.5, 0.6) is 11.5 Å². The molecular formula is C16H23NO4. The maximum atomic E-state index is 10.8. The van der Waals surface area contributed by atoms with Crippen molar-refractivity contribution >= 4 is 12.0 Å². The Balaban J connectivity index is 3.13. The molecular weight excluding hydrogens is 270 g/mol. The summed E-state index contributed by atoms with van der Waals surface area (Å²) in [5.41, 5.74) is 6.06. The molecule has 116 valence electrons. The maximum Gasteiger partial charge on any atom is 0.217 e. The molecule has 0 aromatic heterocycles. The van der Waals surface area contributed by atoms with E-state index in [2.05, 4.69) is 0 Å². The molecule has 0 saturated heterocycles. The van der Waals surface area contributed by atoms with Crippen molar-refractivity contribution in [1.82, 2.24) is 0 Å². The topological polar surface area (TPSA) is 104 Å². The molecule has 1 rings (SSSR count). The van der Waals surface area contributed by atoms with Crippen LogP contribution in [-0.2, 0) is 4.79 Å². The van der Waals surface area contributed by atoms with Crippen LogP contribution in [-0.4, -0.2) is 26.8 Å². The number of phenols is 2. The lowest BCUT2D eigenvalue weighted by molar-refractivity contribution is -0.118. The fourth-order valence-corrected chi connectivity index (χ4v) is 2.07. The first-order chi connectivity index (χ1) is 9.57. The highest BCUT2D eigenvalue weighted by atomic mass is 16.3. The van der Waals surface area contributed by atoms with Crippen LogP contribution in [0.3, 0.4) is 0 Å². The SMILES string of the molecule is Cc1c(C)c(O)c(/C=C/C(C)(O)CCC(N)=O)c(C)c1O. The first-order valence-corrected chi connectivity index (χ1v) is 6.78.